The maximum Gasteiger partial charge on any atom is 0.213 e. The molecule has 0 aromatic carbocycles. The summed E-state index contributed by atoms with van der Waals surface area (Å²) in [6.45, 7) is 0. The molecule has 96 valence electrons. The lowest BCUT2D eigenvalue weighted by Gasteiger charge is -2.06. The van der Waals surface area contributed by atoms with Crippen LogP contribution in [0, 0.1) is 0 Å². The van der Waals surface area contributed by atoms with Crippen LogP contribution in [0.3, 0.4) is 0 Å². The van der Waals surface area contributed by atoms with Crippen LogP contribution in [0.25, 0.3) is 22.0 Å². The maximum atomic E-state index is 6.45. The molecule has 0 radical (unpaired) electrons. The fourth-order valence-corrected chi connectivity index (χ4v) is 2.23. The molecule has 19 heavy (non-hydrogen) atoms. The second kappa shape index (κ2) is 4.51. The monoisotopic (exact) mass is 274 g/mol. The molecule has 3 aromatic rings. The second-order valence-corrected chi connectivity index (χ2v) is 4.51. The maximum absolute atomic E-state index is 6.45. The zero-order chi connectivity index (χ0) is 13.4. The highest BCUT2D eigenvalue weighted by Gasteiger charge is 2.11. The van der Waals surface area contributed by atoms with Crippen LogP contribution in [0.2, 0.25) is 5.02 Å². The summed E-state index contributed by atoms with van der Waals surface area (Å²) in [6.07, 6.45) is 7.03. The van der Waals surface area contributed by atoms with E-state index in [9.17, 15) is 0 Å². The van der Waals surface area contributed by atoms with Gasteiger partial charge in [0, 0.05) is 42.0 Å². The topological polar surface area (TPSA) is 52.8 Å². The zero-order valence-electron chi connectivity index (χ0n) is 10.5. The van der Waals surface area contributed by atoms with Gasteiger partial charge in [0.2, 0.25) is 5.88 Å². The summed E-state index contributed by atoms with van der Waals surface area (Å²) in [4.78, 5) is 8.48. The molecule has 0 saturated heterocycles. The summed E-state index contributed by atoms with van der Waals surface area (Å²) in [7, 11) is 3.43. The van der Waals surface area contributed by atoms with Gasteiger partial charge >= 0.3 is 0 Å². The van der Waals surface area contributed by atoms with E-state index in [0.29, 0.717) is 10.9 Å². The van der Waals surface area contributed by atoms with Crippen molar-refractivity contribution in [3.05, 3.63) is 35.9 Å². The summed E-state index contributed by atoms with van der Waals surface area (Å²) in [5.74, 6) is 0.513. The summed E-state index contributed by atoms with van der Waals surface area (Å²) >= 11 is 6.45. The van der Waals surface area contributed by atoms with Crippen LogP contribution in [0.15, 0.2) is 30.9 Å². The Labute approximate surface area is 114 Å². The quantitative estimate of drug-likeness (QED) is 0.721. The molecular formula is C13H11ClN4O. The minimum Gasteiger partial charge on any atom is -0.481 e. The van der Waals surface area contributed by atoms with Gasteiger partial charge in [-0.25, -0.2) is 4.98 Å². The largest absolute Gasteiger partial charge is 0.481 e. The zero-order valence-corrected chi connectivity index (χ0v) is 11.2. The molecule has 6 heteroatoms. The third kappa shape index (κ3) is 2.02. The highest BCUT2D eigenvalue weighted by Crippen LogP contribution is 2.33. The van der Waals surface area contributed by atoms with E-state index < -0.39 is 0 Å². The number of aryl methyl sites for hydroxylation is 1. The Balaban J connectivity index is 2.24. The van der Waals surface area contributed by atoms with E-state index in [1.54, 1.807) is 36.4 Å². The molecule has 0 saturated carbocycles. The van der Waals surface area contributed by atoms with Crippen molar-refractivity contribution < 1.29 is 4.74 Å². The van der Waals surface area contributed by atoms with Gasteiger partial charge in [-0.15, -0.1) is 0 Å². The van der Waals surface area contributed by atoms with Gasteiger partial charge < -0.3 is 4.74 Å². The first-order valence-electron chi connectivity index (χ1n) is 5.66. The molecular weight excluding hydrogens is 264 g/mol. The van der Waals surface area contributed by atoms with Gasteiger partial charge in [0.05, 0.1) is 30.0 Å². The Hall–Kier alpha value is -2.14. The minimum absolute atomic E-state index is 0.513. The SMILES string of the molecule is COc1cc2c(Cl)c(-c3cnn(C)c3)cnc2cn1. The van der Waals surface area contributed by atoms with Crippen LogP contribution >= 0.6 is 11.6 Å². The fraction of sp³-hybridized carbons (Fsp3) is 0.154. The molecule has 0 unspecified atom stereocenters. The van der Waals surface area contributed by atoms with Gasteiger partial charge in [-0.1, -0.05) is 11.6 Å². The molecule has 0 atom stereocenters. The van der Waals surface area contributed by atoms with Gasteiger partial charge in [-0.3, -0.25) is 9.67 Å². The number of ether oxygens (including phenoxy) is 1. The fourth-order valence-electron chi connectivity index (χ4n) is 1.92. The number of rotatable bonds is 2. The Morgan fingerprint density at radius 3 is 2.74 bits per heavy atom. The number of methoxy groups -OCH3 is 1. The lowest BCUT2D eigenvalue weighted by molar-refractivity contribution is 0.398. The number of hydrogen-bond acceptors (Lipinski definition) is 4. The van der Waals surface area contributed by atoms with Gasteiger partial charge in [-0.05, 0) is 0 Å². The number of fused-ring (bicyclic) bond motifs is 1. The van der Waals surface area contributed by atoms with Crippen molar-refractivity contribution >= 4 is 22.5 Å². The van der Waals surface area contributed by atoms with Crippen LogP contribution < -0.4 is 4.74 Å². The van der Waals surface area contributed by atoms with E-state index in [1.165, 1.54) is 0 Å². The van der Waals surface area contributed by atoms with E-state index in [-0.39, 0.29) is 0 Å². The Kier molecular flexibility index (Phi) is 2.83. The predicted molar refractivity (Wildman–Crippen MR) is 73.3 cm³/mol. The molecule has 0 spiro atoms. The molecule has 3 aromatic heterocycles. The van der Waals surface area contributed by atoms with Gasteiger partial charge in [-0.2, -0.15) is 5.10 Å². The molecule has 0 fully saturated rings. The van der Waals surface area contributed by atoms with E-state index in [2.05, 4.69) is 15.1 Å². The lowest BCUT2D eigenvalue weighted by atomic mass is 10.1. The molecule has 0 bridgehead atoms. The van der Waals surface area contributed by atoms with Crippen molar-refractivity contribution in [2.45, 2.75) is 0 Å². The highest BCUT2D eigenvalue weighted by atomic mass is 35.5. The van der Waals surface area contributed by atoms with Crippen LogP contribution in [0.1, 0.15) is 0 Å². The first kappa shape index (κ1) is 11.9. The van der Waals surface area contributed by atoms with Gasteiger partial charge in [0.25, 0.3) is 0 Å². The summed E-state index contributed by atoms with van der Waals surface area (Å²) in [6, 6.07) is 1.78. The lowest BCUT2D eigenvalue weighted by Crippen LogP contribution is -1.90. The second-order valence-electron chi connectivity index (χ2n) is 4.13. The molecule has 0 N–H and O–H groups in total. The Morgan fingerprint density at radius 2 is 2.05 bits per heavy atom. The van der Waals surface area contributed by atoms with Crippen molar-refractivity contribution in [3.8, 4) is 17.0 Å². The molecule has 0 amide bonds. The number of halogens is 1. The van der Waals surface area contributed by atoms with Crippen molar-refractivity contribution in [3.63, 3.8) is 0 Å². The van der Waals surface area contributed by atoms with E-state index >= 15 is 0 Å². The average Bonchev–Trinajstić information content (AvgIpc) is 2.85. The number of hydrogen-bond donors (Lipinski definition) is 0. The van der Waals surface area contributed by atoms with E-state index in [4.69, 9.17) is 16.3 Å². The Bertz CT molecular complexity index is 753. The smallest absolute Gasteiger partial charge is 0.213 e. The summed E-state index contributed by atoms with van der Waals surface area (Å²) in [5.41, 5.74) is 2.51. The van der Waals surface area contributed by atoms with Crippen LogP contribution in [0.4, 0.5) is 0 Å². The van der Waals surface area contributed by atoms with E-state index in [1.807, 2.05) is 13.2 Å². The summed E-state index contributed by atoms with van der Waals surface area (Å²) in [5, 5.41) is 5.58. The molecule has 0 aliphatic rings. The normalized spacial score (nSPS) is 10.9. The van der Waals surface area contributed by atoms with E-state index in [0.717, 1.165) is 22.0 Å². The third-order valence-corrected chi connectivity index (χ3v) is 3.30. The van der Waals surface area contributed by atoms with Crippen LogP contribution in [0.5, 0.6) is 5.88 Å². The molecule has 0 aliphatic carbocycles. The van der Waals surface area contributed by atoms with Crippen molar-refractivity contribution in [2.75, 3.05) is 7.11 Å². The third-order valence-electron chi connectivity index (χ3n) is 2.89. The van der Waals surface area contributed by atoms with Crippen LogP contribution in [-0.4, -0.2) is 26.9 Å². The molecule has 3 heterocycles. The number of nitrogens with zero attached hydrogens (tertiary/aromatic N) is 4. The van der Waals surface area contributed by atoms with Gasteiger partial charge in [0.1, 0.15) is 0 Å². The number of pyridine rings is 2. The number of aromatic nitrogens is 4. The average molecular weight is 275 g/mol. The molecule has 5 nitrogen and oxygen atoms in total. The molecule has 0 aliphatic heterocycles. The predicted octanol–water partition coefficient (Wildman–Crippen LogP) is 2.69. The van der Waals surface area contributed by atoms with Gasteiger partial charge in [0.15, 0.2) is 0 Å². The van der Waals surface area contributed by atoms with Crippen LogP contribution in [-0.2, 0) is 7.05 Å². The Morgan fingerprint density at radius 1 is 1.21 bits per heavy atom. The first-order chi connectivity index (χ1) is 9.19. The van der Waals surface area contributed by atoms with Crippen molar-refractivity contribution in [2.24, 2.45) is 7.05 Å². The highest BCUT2D eigenvalue weighted by molar-refractivity contribution is 6.38. The standard InChI is InChI=1S/C13H11ClN4O/c1-18-7-8(4-17-18)10-5-15-11-6-16-12(19-2)3-9(11)13(10)14/h3-7H,1-2H3. The van der Waals surface area contributed by atoms with Crippen molar-refractivity contribution in [1.29, 1.82) is 0 Å². The minimum atomic E-state index is 0.513. The first-order valence-corrected chi connectivity index (χ1v) is 6.04. The summed E-state index contributed by atoms with van der Waals surface area (Å²) < 4.78 is 6.84. The molecule has 3 rings (SSSR count). The van der Waals surface area contributed by atoms with Crippen molar-refractivity contribution in [1.82, 2.24) is 19.7 Å².